The second kappa shape index (κ2) is 51.0. The summed E-state index contributed by atoms with van der Waals surface area (Å²) in [5.41, 5.74) is 0. The summed E-state index contributed by atoms with van der Waals surface area (Å²) in [5.74, 6) is -0.927. The fraction of sp³-hybridized carbons (Fsp3) is 0.804. The zero-order valence-electron chi connectivity index (χ0n) is 41.1. The van der Waals surface area contributed by atoms with Gasteiger partial charge in [0.2, 0.25) is 0 Å². The van der Waals surface area contributed by atoms with E-state index in [1.54, 1.807) is 0 Å². The number of unbranched alkanes of at least 4 members (excludes halogenated alkanes) is 29. The van der Waals surface area contributed by atoms with Crippen LogP contribution in [0.25, 0.3) is 0 Å². The van der Waals surface area contributed by atoms with Crippen molar-refractivity contribution in [1.82, 2.24) is 0 Å². The molecule has 0 rings (SSSR count). The lowest BCUT2D eigenvalue weighted by molar-refractivity contribution is -0.167. The van der Waals surface area contributed by atoms with E-state index in [1.165, 1.54) is 154 Å². The maximum absolute atomic E-state index is 12.8. The Bertz CT molecular complexity index is 1090. The molecule has 0 radical (unpaired) electrons. The average molecular weight is 869 g/mol. The van der Waals surface area contributed by atoms with Crippen molar-refractivity contribution in [2.24, 2.45) is 0 Å². The molecule has 1 atom stereocenters. The second-order valence-corrected chi connectivity index (χ2v) is 17.8. The molecule has 0 saturated heterocycles. The highest BCUT2D eigenvalue weighted by Crippen LogP contribution is 2.15. The highest BCUT2D eigenvalue weighted by molar-refractivity contribution is 5.71. The van der Waals surface area contributed by atoms with Crippen molar-refractivity contribution in [2.45, 2.75) is 277 Å². The molecule has 0 saturated carbocycles. The van der Waals surface area contributed by atoms with E-state index in [0.717, 1.165) is 70.6 Å². The SMILES string of the molecule is CCCCC/C=C\C/C=C\C/C=C\CCCCC(=O)O[C@@H](COC(=O)CCCCCCC/C=C\CCCCCC)COC(=O)CCCCCCCCCCCCCCCCCC. The molecule has 6 nitrogen and oxygen atoms in total. The summed E-state index contributed by atoms with van der Waals surface area (Å²) in [6.07, 6.45) is 60.9. The van der Waals surface area contributed by atoms with E-state index in [9.17, 15) is 14.4 Å². The van der Waals surface area contributed by atoms with E-state index in [0.29, 0.717) is 19.3 Å². The van der Waals surface area contributed by atoms with E-state index in [2.05, 4.69) is 69.4 Å². The summed E-state index contributed by atoms with van der Waals surface area (Å²) in [4.78, 5) is 38.0. The number of esters is 3. The van der Waals surface area contributed by atoms with Crippen LogP contribution in [0.5, 0.6) is 0 Å². The van der Waals surface area contributed by atoms with E-state index in [4.69, 9.17) is 14.2 Å². The summed E-state index contributed by atoms with van der Waals surface area (Å²) >= 11 is 0. The quantitative estimate of drug-likeness (QED) is 0.0262. The molecule has 0 fully saturated rings. The van der Waals surface area contributed by atoms with Crippen LogP contribution < -0.4 is 0 Å². The number of carbonyl (C=O) groups excluding carboxylic acids is 3. The maximum Gasteiger partial charge on any atom is 0.306 e. The minimum atomic E-state index is -0.793. The van der Waals surface area contributed by atoms with Crippen LogP contribution in [0, 0.1) is 0 Å². The van der Waals surface area contributed by atoms with Crippen molar-refractivity contribution in [3.63, 3.8) is 0 Å². The molecule has 0 aromatic rings. The van der Waals surface area contributed by atoms with Gasteiger partial charge >= 0.3 is 17.9 Å². The number of carbonyl (C=O) groups is 3. The monoisotopic (exact) mass is 869 g/mol. The molecule has 0 aromatic carbocycles. The summed E-state index contributed by atoms with van der Waals surface area (Å²) in [7, 11) is 0. The van der Waals surface area contributed by atoms with Gasteiger partial charge in [0.1, 0.15) is 13.2 Å². The van der Waals surface area contributed by atoms with Crippen molar-refractivity contribution in [3.05, 3.63) is 48.6 Å². The van der Waals surface area contributed by atoms with Gasteiger partial charge in [-0.15, -0.1) is 0 Å². The van der Waals surface area contributed by atoms with Crippen LogP contribution in [0.1, 0.15) is 271 Å². The van der Waals surface area contributed by atoms with Gasteiger partial charge in [-0.25, -0.2) is 0 Å². The summed E-state index contributed by atoms with van der Waals surface area (Å²) in [6.45, 7) is 6.57. The van der Waals surface area contributed by atoms with Crippen LogP contribution in [-0.4, -0.2) is 37.2 Å². The molecule has 6 heteroatoms. The Hall–Kier alpha value is -2.63. The smallest absolute Gasteiger partial charge is 0.306 e. The van der Waals surface area contributed by atoms with Gasteiger partial charge in [0.25, 0.3) is 0 Å². The molecular weight excluding hydrogens is 769 g/mol. The van der Waals surface area contributed by atoms with Gasteiger partial charge < -0.3 is 14.2 Å². The van der Waals surface area contributed by atoms with Gasteiger partial charge in [-0.2, -0.15) is 0 Å². The maximum atomic E-state index is 12.8. The van der Waals surface area contributed by atoms with Crippen LogP contribution in [0.15, 0.2) is 48.6 Å². The first-order chi connectivity index (χ1) is 30.5. The highest BCUT2D eigenvalue weighted by atomic mass is 16.6. The van der Waals surface area contributed by atoms with Crippen molar-refractivity contribution in [3.8, 4) is 0 Å². The molecule has 360 valence electrons. The number of hydrogen-bond donors (Lipinski definition) is 0. The Balaban J connectivity index is 4.42. The second-order valence-electron chi connectivity index (χ2n) is 17.8. The fourth-order valence-corrected chi connectivity index (χ4v) is 7.50. The van der Waals surface area contributed by atoms with Gasteiger partial charge in [-0.3, -0.25) is 14.4 Å². The minimum absolute atomic E-state index is 0.0885. The standard InChI is InChI=1S/C56H100O6/c1-4-7-10-13-16-19-22-25-27-29-31-34-37-40-43-46-49-55(58)61-52-53(51-60-54(57)48-45-42-39-36-33-30-24-21-18-15-12-9-6-3)62-56(59)50-47-44-41-38-35-32-28-26-23-20-17-14-11-8-5-2/h17,20-21,24,26,28,35,38,53H,4-16,18-19,22-23,25,27,29-34,36-37,39-52H2,1-3H3/b20-17-,24-21-,28-26-,38-35-/t53-/m0/s1. The number of rotatable bonds is 48. The zero-order valence-corrected chi connectivity index (χ0v) is 41.1. The number of ether oxygens (including phenoxy) is 3. The van der Waals surface area contributed by atoms with Crippen LogP contribution >= 0.6 is 0 Å². The normalized spacial score (nSPS) is 12.4. The lowest BCUT2D eigenvalue weighted by Gasteiger charge is -2.18. The molecule has 0 aliphatic carbocycles. The fourth-order valence-electron chi connectivity index (χ4n) is 7.50. The molecule has 0 bridgehead atoms. The predicted molar refractivity (Wildman–Crippen MR) is 265 cm³/mol. The Labute approximate surface area is 384 Å². The first kappa shape index (κ1) is 59.4. The molecule has 0 aliphatic rings. The van der Waals surface area contributed by atoms with Gasteiger partial charge in [0.05, 0.1) is 0 Å². The first-order valence-corrected chi connectivity index (χ1v) is 26.6. The molecule has 62 heavy (non-hydrogen) atoms. The van der Waals surface area contributed by atoms with Crippen molar-refractivity contribution >= 4 is 17.9 Å². The number of hydrogen-bond acceptors (Lipinski definition) is 6. The molecule has 0 amide bonds. The third-order valence-corrected chi connectivity index (χ3v) is 11.6. The zero-order chi connectivity index (χ0) is 45.1. The topological polar surface area (TPSA) is 78.9 Å². The Morgan fingerprint density at radius 2 is 0.581 bits per heavy atom. The largest absolute Gasteiger partial charge is 0.462 e. The molecule has 0 spiro atoms. The van der Waals surface area contributed by atoms with Gasteiger partial charge in [0, 0.05) is 19.3 Å². The van der Waals surface area contributed by atoms with Gasteiger partial charge in [-0.1, -0.05) is 217 Å². The minimum Gasteiger partial charge on any atom is -0.462 e. The Kier molecular flexibility index (Phi) is 48.8. The van der Waals surface area contributed by atoms with Crippen LogP contribution in [0.4, 0.5) is 0 Å². The van der Waals surface area contributed by atoms with Crippen molar-refractivity contribution in [2.75, 3.05) is 13.2 Å². The van der Waals surface area contributed by atoms with Crippen LogP contribution in [-0.2, 0) is 28.6 Å². The lowest BCUT2D eigenvalue weighted by Crippen LogP contribution is -2.30. The molecule has 0 aromatic heterocycles. The van der Waals surface area contributed by atoms with E-state index >= 15 is 0 Å². The molecule has 0 N–H and O–H groups in total. The predicted octanol–water partition coefficient (Wildman–Crippen LogP) is 17.5. The molecule has 0 heterocycles. The third kappa shape index (κ3) is 48.4. The van der Waals surface area contributed by atoms with E-state index < -0.39 is 6.10 Å². The van der Waals surface area contributed by atoms with Gasteiger partial charge in [-0.05, 0) is 83.5 Å². The van der Waals surface area contributed by atoms with Crippen LogP contribution in [0.3, 0.4) is 0 Å². The van der Waals surface area contributed by atoms with Crippen molar-refractivity contribution < 1.29 is 28.6 Å². The molecule has 0 aliphatic heterocycles. The molecular formula is C56H100O6. The summed E-state index contributed by atoms with van der Waals surface area (Å²) in [6, 6.07) is 0. The molecule has 0 unspecified atom stereocenters. The first-order valence-electron chi connectivity index (χ1n) is 26.6. The summed E-state index contributed by atoms with van der Waals surface area (Å²) < 4.78 is 16.8. The van der Waals surface area contributed by atoms with Gasteiger partial charge in [0.15, 0.2) is 6.10 Å². The highest BCUT2D eigenvalue weighted by Gasteiger charge is 2.19. The van der Waals surface area contributed by atoms with Crippen molar-refractivity contribution in [1.29, 1.82) is 0 Å². The Morgan fingerprint density at radius 1 is 0.323 bits per heavy atom. The lowest BCUT2D eigenvalue weighted by atomic mass is 10.0. The summed E-state index contributed by atoms with van der Waals surface area (Å²) in [5, 5.41) is 0. The third-order valence-electron chi connectivity index (χ3n) is 11.6. The van der Waals surface area contributed by atoms with Crippen LogP contribution in [0.2, 0.25) is 0 Å². The van der Waals surface area contributed by atoms with E-state index in [-0.39, 0.29) is 37.5 Å². The Morgan fingerprint density at radius 3 is 1.00 bits per heavy atom. The average Bonchev–Trinajstić information content (AvgIpc) is 3.27. The number of allylic oxidation sites excluding steroid dienone is 8. The van der Waals surface area contributed by atoms with E-state index in [1.807, 2.05) is 0 Å².